The SMILES string of the molecule is C1=CC[C@@H](N2c3cccc(-c4ccccc4-c4ccc5c(c4)c4ccccc4n5-c4ccc5sc6ccccc6c5c4)c3[C@H]3C=CC=CC32)C=C1. The maximum atomic E-state index is 2.66. The molecular weight excluding hydrogens is 637 g/mol. The van der Waals surface area contributed by atoms with Crippen molar-refractivity contribution in [2.75, 3.05) is 4.90 Å². The fourth-order valence-corrected chi connectivity index (χ4v) is 10.2. The Balaban J connectivity index is 1.08. The zero-order valence-corrected chi connectivity index (χ0v) is 28.8. The molecule has 0 saturated carbocycles. The number of para-hydroxylation sites is 1. The van der Waals surface area contributed by atoms with E-state index >= 15 is 0 Å². The normalized spacial score (nSPS) is 19.1. The summed E-state index contributed by atoms with van der Waals surface area (Å²) in [5.41, 5.74) is 11.6. The first kappa shape index (κ1) is 28.9. The number of rotatable bonds is 4. The second-order valence-corrected chi connectivity index (χ2v) is 15.0. The lowest BCUT2D eigenvalue weighted by atomic mass is 9.84. The standard InChI is InChI=1S/C48H34N2S/c1-2-13-32(14-3-1)49-43-22-10-7-19-39(43)48-38(20-12-23-45(48)49)35-16-5-4-15-34(35)31-25-27-44-40(29-31)36-17-6-9-21-42(36)50(44)33-26-28-47-41(30-33)37-18-8-11-24-46(37)51-47/h1-13,15-30,32,39,43H,14H2/t32-,39-,43?/m0/s1. The molecule has 0 bridgehead atoms. The summed E-state index contributed by atoms with van der Waals surface area (Å²) in [5.74, 6) is 0.312. The van der Waals surface area contributed by atoms with E-state index in [1.165, 1.54) is 81.2 Å². The van der Waals surface area contributed by atoms with Gasteiger partial charge in [-0.15, -0.1) is 11.3 Å². The molecule has 2 aliphatic carbocycles. The van der Waals surface area contributed by atoms with Gasteiger partial charge >= 0.3 is 0 Å². The van der Waals surface area contributed by atoms with E-state index in [0.29, 0.717) is 18.0 Å². The minimum absolute atomic E-state index is 0.312. The van der Waals surface area contributed by atoms with E-state index in [1.807, 2.05) is 11.3 Å². The maximum absolute atomic E-state index is 2.66. The topological polar surface area (TPSA) is 8.17 Å². The van der Waals surface area contributed by atoms with E-state index in [0.717, 1.165) is 6.42 Å². The summed E-state index contributed by atoms with van der Waals surface area (Å²) in [6.07, 6.45) is 19.3. The fourth-order valence-electron chi connectivity index (χ4n) is 9.07. The maximum Gasteiger partial charge on any atom is 0.0586 e. The zero-order valence-electron chi connectivity index (χ0n) is 28.0. The average molecular weight is 671 g/mol. The summed E-state index contributed by atoms with van der Waals surface area (Å²) >= 11 is 1.87. The van der Waals surface area contributed by atoms with E-state index in [-0.39, 0.29) is 0 Å². The molecule has 1 unspecified atom stereocenters. The number of hydrogen-bond donors (Lipinski definition) is 0. The molecule has 1 aliphatic heterocycles. The molecule has 242 valence electrons. The molecule has 2 aromatic heterocycles. The van der Waals surface area contributed by atoms with E-state index in [9.17, 15) is 0 Å². The van der Waals surface area contributed by atoms with Crippen LogP contribution in [-0.2, 0) is 0 Å². The van der Waals surface area contributed by atoms with E-state index in [1.54, 1.807) is 0 Å². The molecule has 2 nitrogen and oxygen atoms in total. The lowest BCUT2D eigenvalue weighted by Gasteiger charge is -2.35. The highest BCUT2D eigenvalue weighted by Crippen LogP contribution is 2.51. The van der Waals surface area contributed by atoms with Crippen LogP contribution < -0.4 is 4.90 Å². The third kappa shape index (κ3) is 4.35. The number of aromatic nitrogens is 1. The summed E-state index contributed by atoms with van der Waals surface area (Å²) < 4.78 is 5.11. The quantitative estimate of drug-likeness (QED) is 0.181. The highest BCUT2D eigenvalue weighted by molar-refractivity contribution is 7.25. The highest BCUT2D eigenvalue weighted by Gasteiger charge is 2.41. The molecule has 0 saturated heterocycles. The zero-order chi connectivity index (χ0) is 33.5. The van der Waals surface area contributed by atoms with Crippen molar-refractivity contribution in [1.29, 1.82) is 0 Å². The van der Waals surface area contributed by atoms with Gasteiger partial charge in [-0.1, -0.05) is 127 Å². The van der Waals surface area contributed by atoms with Gasteiger partial charge in [0, 0.05) is 48.2 Å². The summed E-state index contributed by atoms with van der Waals surface area (Å²) in [4.78, 5) is 2.66. The minimum atomic E-state index is 0.312. The van der Waals surface area contributed by atoms with Gasteiger partial charge in [0.2, 0.25) is 0 Å². The van der Waals surface area contributed by atoms with Crippen molar-refractivity contribution in [3.63, 3.8) is 0 Å². The minimum Gasteiger partial charge on any atom is -0.357 e. The first-order valence-electron chi connectivity index (χ1n) is 18.0. The molecule has 0 spiro atoms. The number of nitrogens with zero attached hydrogens (tertiary/aromatic N) is 2. The van der Waals surface area contributed by atoms with Crippen molar-refractivity contribution in [1.82, 2.24) is 4.57 Å². The van der Waals surface area contributed by atoms with E-state index in [2.05, 4.69) is 185 Å². The van der Waals surface area contributed by atoms with Gasteiger partial charge in [0.25, 0.3) is 0 Å². The molecule has 6 aromatic carbocycles. The van der Waals surface area contributed by atoms with Crippen LogP contribution in [0, 0.1) is 0 Å². The van der Waals surface area contributed by atoms with Crippen molar-refractivity contribution in [2.45, 2.75) is 24.4 Å². The van der Waals surface area contributed by atoms with Gasteiger partial charge in [-0.2, -0.15) is 0 Å². The molecule has 0 radical (unpaired) electrons. The highest BCUT2D eigenvalue weighted by atomic mass is 32.1. The summed E-state index contributed by atoms with van der Waals surface area (Å²) in [6.45, 7) is 0. The number of benzene rings is 6. The van der Waals surface area contributed by atoms with Gasteiger partial charge in [0.1, 0.15) is 0 Å². The van der Waals surface area contributed by atoms with Crippen LogP contribution in [0.1, 0.15) is 17.9 Å². The summed E-state index contributed by atoms with van der Waals surface area (Å²) in [7, 11) is 0. The van der Waals surface area contributed by atoms with Crippen LogP contribution in [-0.4, -0.2) is 16.7 Å². The molecule has 0 N–H and O–H groups in total. The van der Waals surface area contributed by atoms with Crippen LogP contribution >= 0.6 is 11.3 Å². The van der Waals surface area contributed by atoms with Crippen LogP contribution in [0.25, 0.3) is 69.9 Å². The van der Waals surface area contributed by atoms with Crippen molar-refractivity contribution < 1.29 is 0 Å². The lowest BCUT2D eigenvalue weighted by molar-refractivity contribution is 0.614. The van der Waals surface area contributed by atoms with Crippen LogP contribution in [0.5, 0.6) is 0 Å². The van der Waals surface area contributed by atoms with E-state index < -0.39 is 0 Å². The van der Waals surface area contributed by atoms with Crippen LogP contribution in [0.4, 0.5) is 5.69 Å². The largest absolute Gasteiger partial charge is 0.357 e. The van der Waals surface area contributed by atoms with E-state index in [4.69, 9.17) is 0 Å². The monoisotopic (exact) mass is 670 g/mol. The molecule has 3 aliphatic rings. The predicted molar refractivity (Wildman–Crippen MR) is 219 cm³/mol. The van der Waals surface area contributed by atoms with Crippen molar-refractivity contribution in [2.24, 2.45) is 0 Å². The third-order valence-electron chi connectivity index (χ3n) is 11.3. The first-order valence-corrected chi connectivity index (χ1v) is 18.8. The summed E-state index contributed by atoms with van der Waals surface area (Å²) in [6, 6.07) is 48.3. The van der Waals surface area contributed by atoms with Crippen molar-refractivity contribution >= 4 is 59.0 Å². The molecule has 11 rings (SSSR count). The van der Waals surface area contributed by atoms with Crippen LogP contribution in [0.2, 0.25) is 0 Å². The molecule has 0 fully saturated rings. The molecule has 8 aromatic rings. The first-order chi connectivity index (χ1) is 25.3. The second-order valence-electron chi connectivity index (χ2n) is 14.0. The Kier molecular flexibility index (Phi) is 6.41. The summed E-state index contributed by atoms with van der Waals surface area (Å²) in [5, 5.41) is 5.19. The molecular formula is C48H34N2S. The molecule has 3 atom stereocenters. The van der Waals surface area contributed by atoms with Crippen LogP contribution in [0.15, 0.2) is 176 Å². The predicted octanol–water partition coefficient (Wildman–Crippen LogP) is 12.8. The van der Waals surface area contributed by atoms with Gasteiger partial charge in [-0.3, -0.25) is 0 Å². The van der Waals surface area contributed by atoms with Crippen LogP contribution in [0.3, 0.4) is 0 Å². The number of fused-ring (bicyclic) bond motifs is 9. The Morgan fingerprint density at radius 1 is 0.529 bits per heavy atom. The molecule has 3 heterocycles. The Labute approximate surface area is 301 Å². The Bertz CT molecular complexity index is 2820. The number of thiophene rings is 1. The number of anilines is 1. The smallest absolute Gasteiger partial charge is 0.0586 e. The van der Waals surface area contributed by atoms with Crippen molar-refractivity contribution in [3.8, 4) is 27.9 Å². The second kappa shape index (κ2) is 11.3. The Morgan fingerprint density at radius 2 is 1.29 bits per heavy atom. The number of hydrogen-bond acceptors (Lipinski definition) is 2. The average Bonchev–Trinajstić information content (AvgIpc) is 3.85. The lowest BCUT2D eigenvalue weighted by Crippen LogP contribution is -2.40. The van der Waals surface area contributed by atoms with Gasteiger partial charge in [-0.05, 0) is 82.8 Å². The third-order valence-corrected chi connectivity index (χ3v) is 12.4. The molecule has 3 heteroatoms. The van der Waals surface area contributed by atoms with Gasteiger partial charge in [-0.25, -0.2) is 0 Å². The Hall–Kier alpha value is -5.90. The van der Waals surface area contributed by atoms with Gasteiger partial charge in [0.15, 0.2) is 0 Å². The molecule has 0 amide bonds. The van der Waals surface area contributed by atoms with Gasteiger partial charge < -0.3 is 9.47 Å². The fraction of sp³-hybridized carbons (Fsp3) is 0.0833. The molecule has 51 heavy (non-hydrogen) atoms. The number of allylic oxidation sites excluding steroid dienone is 4. The van der Waals surface area contributed by atoms with Crippen molar-refractivity contribution in [3.05, 3.63) is 182 Å². The van der Waals surface area contributed by atoms with Gasteiger partial charge in [0.05, 0.1) is 23.1 Å². The Morgan fingerprint density at radius 3 is 2.22 bits per heavy atom.